The molecule has 1 atom stereocenters. The molecule has 28 heavy (non-hydrogen) atoms. The SMILES string of the molecule is COc1ccccc1C(=O)C1CC(=O)Nc2c1c(C)nn2-c1ccc(Cl)cc1. The van der Waals surface area contributed by atoms with E-state index in [0.717, 1.165) is 11.3 Å². The highest BCUT2D eigenvalue weighted by Crippen LogP contribution is 2.39. The Labute approximate surface area is 167 Å². The van der Waals surface area contributed by atoms with Gasteiger partial charge in [0.1, 0.15) is 11.6 Å². The number of halogens is 1. The van der Waals surface area contributed by atoms with Crippen LogP contribution in [0.3, 0.4) is 0 Å². The fraction of sp³-hybridized carbons (Fsp3) is 0.190. The Morgan fingerprint density at radius 3 is 2.64 bits per heavy atom. The molecule has 0 aliphatic carbocycles. The van der Waals surface area contributed by atoms with Crippen LogP contribution < -0.4 is 10.1 Å². The third-order valence-electron chi connectivity index (χ3n) is 4.86. The number of rotatable bonds is 4. The molecule has 0 saturated carbocycles. The van der Waals surface area contributed by atoms with Crippen LogP contribution >= 0.6 is 11.6 Å². The Morgan fingerprint density at radius 1 is 1.21 bits per heavy atom. The Hall–Kier alpha value is -3.12. The number of carbonyl (C=O) groups excluding carboxylic acids is 2. The van der Waals surface area contributed by atoms with Gasteiger partial charge in [-0.2, -0.15) is 5.10 Å². The second-order valence-electron chi connectivity index (χ2n) is 6.61. The minimum absolute atomic E-state index is 0.0665. The summed E-state index contributed by atoms with van der Waals surface area (Å²) < 4.78 is 6.97. The van der Waals surface area contributed by atoms with Crippen molar-refractivity contribution in [3.63, 3.8) is 0 Å². The summed E-state index contributed by atoms with van der Waals surface area (Å²) in [6.07, 6.45) is 0.0665. The van der Waals surface area contributed by atoms with Gasteiger partial charge in [-0.15, -0.1) is 0 Å². The topological polar surface area (TPSA) is 73.2 Å². The lowest BCUT2D eigenvalue weighted by Crippen LogP contribution is -2.28. The average molecular weight is 396 g/mol. The third kappa shape index (κ3) is 3.05. The second kappa shape index (κ2) is 7.13. The Balaban J connectivity index is 1.82. The molecular formula is C21H18ClN3O3. The molecule has 7 heteroatoms. The lowest BCUT2D eigenvalue weighted by atomic mass is 9.85. The lowest BCUT2D eigenvalue weighted by Gasteiger charge is -2.23. The number of aryl methyl sites for hydroxylation is 1. The number of anilines is 1. The summed E-state index contributed by atoms with van der Waals surface area (Å²) in [6.45, 7) is 1.84. The maximum absolute atomic E-state index is 13.3. The number of hydrogen-bond acceptors (Lipinski definition) is 4. The molecule has 1 aliphatic heterocycles. The van der Waals surface area contributed by atoms with Gasteiger partial charge in [0.25, 0.3) is 0 Å². The van der Waals surface area contributed by atoms with Crippen molar-refractivity contribution in [1.82, 2.24) is 9.78 Å². The molecule has 3 aromatic rings. The number of benzene rings is 2. The van der Waals surface area contributed by atoms with Crippen molar-refractivity contribution in [3.8, 4) is 11.4 Å². The number of ether oxygens (including phenoxy) is 1. The molecule has 0 bridgehead atoms. The number of hydrogen-bond donors (Lipinski definition) is 1. The summed E-state index contributed by atoms with van der Waals surface area (Å²) in [5, 5.41) is 8.05. The van der Waals surface area contributed by atoms with Gasteiger partial charge < -0.3 is 10.1 Å². The summed E-state index contributed by atoms with van der Waals surface area (Å²) in [6, 6.07) is 14.2. The van der Waals surface area contributed by atoms with E-state index in [4.69, 9.17) is 16.3 Å². The van der Waals surface area contributed by atoms with Crippen LogP contribution in [-0.2, 0) is 4.79 Å². The van der Waals surface area contributed by atoms with Crippen molar-refractivity contribution in [2.75, 3.05) is 12.4 Å². The summed E-state index contributed by atoms with van der Waals surface area (Å²) >= 11 is 5.98. The highest BCUT2D eigenvalue weighted by molar-refractivity contribution is 6.30. The number of amides is 1. The minimum Gasteiger partial charge on any atom is -0.496 e. The smallest absolute Gasteiger partial charge is 0.226 e. The molecule has 0 saturated heterocycles. The molecule has 2 heterocycles. The fourth-order valence-electron chi connectivity index (χ4n) is 3.58. The molecule has 0 fully saturated rings. The van der Waals surface area contributed by atoms with E-state index in [9.17, 15) is 9.59 Å². The zero-order valence-electron chi connectivity index (χ0n) is 15.4. The average Bonchev–Trinajstić information content (AvgIpc) is 3.03. The Bertz CT molecular complexity index is 1070. The Kier molecular flexibility index (Phi) is 4.65. The molecule has 1 unspecified atom stereocenters. The van der Waals surface area contributed by atoms with Crippen molar-refractivity contribution in [2.24, 2.45) is 0 Å². The largest absolute Gasteiger partial charge is 0.496 e. The van der Waals surface area contributed by atoms with Crippen LogP contribution in [0.1, 0.15) is 34.0 Å². The normalized spacial score (nSPS) is 15.7. The van der Waals surface area contributed by atoms with Gasteiger partial charge in [-0.1, -0.05) is 23.7 Å². The number of carbonyl (C=O) groups is 2. The number of nitrogens with zero attached hydrogens (tertiary/aromatic N) is 2. The van der Waals surface area contributed by atoms with Gasteiger partial charge in [-0.25, -0.2) is 4.68 Å². The van der Waals surface area contributed by atoms with E-state index >= 15 is 0 Å². The van der Waals surface area contributed by atoms with Gasteiger partial charge in [-0.3, -0.25) is 9.59 Å². The molecule has 4 rings (SSSR count). The summed E-state index contributed by atoms with van der Waals surface area (Å²) in [5.41, 5.74) is 2.62. The first-order chi connectivity index (χ1) is 13.5. The molecule has 0 spiro atoms. The number of Topliss-reactive ketones (excluding diaryl/α,β-unsaturated/α-hetero) is 1. The van der Waals surface area contributed by atoms with Gasteiger partial charge in [0, 0.05) is 17.0 Å². The van der Waals surface area contributed by atoms with E-state index in [1.54, 1.807) is 41.1 Å². The molecule has 1 aromatic heterocycles. The molecule has 6 nitrogen and oxygen atoms in total. The number of nitrogens with one attached hydrogen (secondary N) is 1. The first kappa shape index (κ1) is 18.3. The number of fused-ring (bicyclic) bond motifs is 1. The van der Waals surface area contributed by atoms with Crippen molar-refractivity contribution in [2.45, 2.75) is 19.3 Å². The van der Waals surface area contributed by atoms with Crippen LogP contribution in [0.25, 0.3) is 5.69 Å². The van der Waals surface area contributed by atoms with E-state index in [0.29, 0.717) is 27.8 Å². The third-order valence-corrected chi connectivity index (χ3v) is 5.11. The van der Waals surface area contributed by atoms with Crippen LogP contribution in [0.15, 0.2) is 48.5 Å². The number of methoxy groups -OCH3 is 1. The van der Waals surface area contributed by atoms with Crippen molar-refractivity contribution in [1.29, 1.82) is 0 Å². The molecule has 1 aliphatic rings. The predicted molar refractivity (Wildman–Crippen MR) is 107 cm³/mol. The predicted octanol–water partition coefficient (Wildman–Crippen LogP) is 4.15. The highest BCUT2D eigenvalue weighted by Gasteiger charge is 2.37. The first-order valence-electron chi connectivity index (χ1n) is 8.82. The monoisotopic (exact) mass is 395 g/mol. The van der Waals surface area contributed by atoms with Gasteiger partial charge in [0.2, 0.25) is 5.91 Å². The lowest BCUT2D eigenvalue weighted by molar-refractivity contribution is -0.116. The maximum atomic E-state index is 13.3. The summed E-state index contributed by atoms with van der Waals surface area (Å²) in [5.74, 6) is -0.00336. The van der Waals surface area contributed by atoms with Crippen LogP contribution in [0.2, 0.25) is 5.02 Å². The molecule has 0 radical (unpaired) electrons. The van der Waals surface area contributed by atoms with E-state index in [1.807, 2.05) is 19.1 Å². The standard InChI is InChI=1S/C21H18ClN3O3/c1-12-19-16(20(27)15-5-3-4-6-17(15)28-2)11-18(26)23-21(19)25(24-12)14-9-7-13(22)8-10-14/h3-10,16H,11H2,1-2H3,(H,23,26). The van der Waals surface area contributed by atoms with Crippen molar-refractivity contribution in [3.05, 3.63) is 70.4 Å². The molecule has 2 aromatic carbocycles. The van der Waals surface area contributed by atoms with E-state index in [1.165, 1.54) is 7.11 Å². The molecule has 1 N–H and O–H groups in total. The minimum atomic E-state index is -0.624. The Morgan fingerprint density at radius 2 is 1.93 bits per heavy atom. The van der Waals surface area contributed by atoms with Crippen LogP contribution in [0.4, 0.5) is 5.82 Å². The van der Waals surface area contributed by atoms with Crippen LogP contribution in [-0.4, -0.2) is 28.6 Å². The van der Waals surface area contributed by atoms with Gasteiger partial charge in [-0.05, 0) is 43.3 Å². The van der Waals surface area contributed by atoms with Gasteiger partial charge >= 0.3 is 0 Å². The number of ketones is 1. The van der Waals surface area contributed by atoms with Crippen molar-refractivity contribution >= 4 is 29.1 Å². The second-order valence-corrected chi connectivity index (χ2v) is 7.04. The maximum Gasteiger partial charge on any atom is 0.226 e. The molecule has 142 valence electrons. The quantitative estimate of drug-likeness (QED) is 0.673. The number of aromatic nitrogens is 2. The zero-order chi connectivity index (χ0) is 19.8. The fourth-order valence-corrected chi connectivity index (χ4v) is 3.70. The summed E-state index contributed by atoms with van der Waals surface area (Å²) in [4.78, 5) is 25.7. The van der Waals surface area contributed by atoms with Crippen LogP contribution in [0.5, 0.6) is 5.75 Å². The first-order valence-corrected chi connectivity index (χ1v) is 9.20. The van der Waals surface area contributed by atoms with Gasteiger partial charge in [0.05, 0.1) is 30.0 Å². The number of para-hydroxylation sites is 1. The van der Waals surface area contributed by atoms with Gasteiger partial charge in [0.15, 0.2) is 5.78 Å². The van der Waals surface area contributed by atoms with E-state index in [2.05, 4.69) is 10.4 Å². The highest BCUT2D eigenvalue weighted by atomic mass is 35.5. The van der Waals surface area contributed by atoms with E-state index < -0.39 is 5.92 Å². The van der Waals surface area contributed by atoms with Crippen LogP contribution in [0, 0.1) is 6.92 Å². The van der Waals surface area contributed by atoms with E-state index in [-0.39, 0.29) is 18.1 Å². The molecule has 1 amide bonds. The summed E-state index contributed by atoms with van der Waals surface area (Å²) in [7, 11) is 1.52. The zero-order valence-corrected chi connectivity index (χ0v) is 16.2. The molecular weight excluding hydrogens is 378 g/mol. The van der Waals surface area contributed by atoms with Crippen molar-refractivity contribution < 1.29 is 14.3 Å².